The molecule has 5 nitrogen and oxygen atoms in total. The summed E-state index contributed by atoms with van der Waals surface area (Å²) in [5, 5.41) is 0.458. The van der Waals surface area contributed by atoms with E-state index >= 15 is 0 Å². The van der Waals surface area contributed by atoms with Crippen LogP contribution in [-0.2, 0) is 5.92 Å². The number of fused-ring (bicyclic) bond motifs is 1. The quantitative estimate of drug-likeness (QED) is 0.553. The minimum atomic E-state index is -3.54. The van der Waals surface area contributed by atoms with E-state index in [-0.39, 0.29) is 17.2 Å². The predicted octanol–water partition coefficient (Wildman–Crippen LogP) is 3.37. The van der Waals surface area contributed by atoms with E-state index in [4.69, 9.17) is 11.5 Å². The molecule has 0 aliphatic heterocycles. The van der Waals surface area contributed by atoms with Gasteiger partial charge in [0.15, 0.2) is 5.82 Å². The van der Waals surface area contributed by atoms with Crippen LogP contribution < -0.4 is 11.5 Å². The third-order valence-corrected chi connectivity index (χ3v) is 3.57. The Hall–Kier alpha value is -3.42. The number of aliphatic imine (C=N–C) groups is 1. The second-order valence-electron chi connectivity index (χ2n) is 5.37. The van der Waals surface area contributed by atoms with Crippen LogP contribution in [0.15, 0.2) is 65.8 Å². The normalized spacial score (nSPS) is 12.8. The van der Waals surface area contributed by atoms with Crippen molar-refractivity contribution in [3.05, 3.63) is 78.0 Å². The van der Waals surface area contributed by atoms with Crippen molar-refractivity contribution in [3.8, 4) is 0 Å². The Labute approximate surface area is 146 Å². The van der Waals surface area contributed by atoms with Gasteiger partial charge < -0.3 is 11.5 Å². The van der Waals surface area contributed by atoms with Crippen LogP contribution in [-0.4, -0.2) is 15.8 Å². The summed E-state index contributed by atoms with van der Waals surface area (Å²) in [7, 11) is 0. The van der Waals surface area contributed by atoms with E-state index in [9.17, 15) is 13.2 Å². The lowest BCUT2D eigenvalue weighted by Crippen LogP contribution is -2.19. The molecule has 0 spiro atoms. The molecule has 26 heavy (non-hydrogen) atoms. The summed E-state index contributed by atoms with van der Waals surface area (Å²) < 4.78 is 42.7. The molecule has 8 heteroatoms. The minimum Gasteiger partial charge on any atom is -0.404 e. The first-order chi connectivity index (χ1) is 12.4. The Morgan fingerprint density at radius 2 is 1.73 bits per heavy atom. The van der Waals surface area contributed by atoms with Gasteiger partial charge in [0.2, 0.25) is 5.82 Å². The first kappa shape index (κ1) is 17.4. The maximum absolute atomic E-state index is 14.9. The van der Waals surface area contributed by atoms with Crippen molar-refractivity contribution < 1.29 is 13.2 Å². The zero-order valence-corrected chi connectivity index (χ0v) is 13.4. The average molecular weight is 357 g/mol. The molecule has 3 rings (SSSR count). The largest absolute Gasteiger partial charge is 0.404 e. The van der Waals surface area contributed by atoms with Gasteiger partial charge in [0.1, 0.15) is 11.7 Å². The predicted molar refractivity (Wildman–Crippen MR) is 93.5 cm³/mol. The molecule has 0 atom stereocenters. The van der Waals surface area contributed by atoms with Gasteiger partial charge in [0.25, 0.3) is 0 Å². The Kier molecular flexibility index (Phi) is 4.57. The van der Waals surface area contributed by atoms with Crippen molar-refractivity contribution >= 4 is 22.6 Å². The number of rotatable bonds is 4. The van der Waals surface area contributed by atoms with Crippen LogP contribution in [0.2, 0.25) is 0 Å². The maximum atomic E-state index is 14.9. The van der Waals surface area contributed by atoms with Crippen molar-refractivity contribution in [3.63, 3.8) is 0 Å². The van der Waals surface area contributed by atoms with E-state index in [1.54, 1.807) is 24.3 Å². The summed E-state index contributed by atoms with van der Waals surface area (Å²) in [6.07, 6.45) is 2.49. The van der Waals surface area contributed by atoms with E-state index in [0.717, 1.165) is 24.3 Å². The molecule has 0 bridgehead atoms. The summed E-state index contributed by atoms with van der Waals surface area (Å²) in [6.45, 7) is 0. The summed E-state index contributed by atoms with van der Waals surface area (Å²) in [6, 6.07) is 10.5. The van der Waals surface area contributed by atoms with Gasteiger partial charge in [-0.2, -0.15) is 8.78 Å². The second-order valence-corrected chi connectivity index (χ2v) is 5.37. The van der Waals surface area contributed by atoms with Gasteiger partial charge in [-0.15, -0.1) is 0 Å². The number of hydrogen-bond acceptors (Lipinski definition) is 4. The molecule has 0 aliphatic rings. The first-order valence-electron chi connectivity index (χ1n) is 7.55. The van der Waals surface area contributed by atoms with Crippen molar-refractivity contribution in [2.75, 3.05) is 0 Å². The molecule has 0 fully saturated rings. The number of nitrogens with zero attached hydrogens (tertiary/aromatic N) is 3. The van der Waals surface area contributed by atoms with Gasteiger partial charge in [-0.1, -0.05) is 12.1 Å². The maximum Gasteiger partial charge on any atom is 0.331 e. The minimum absolute atomic E-state index is 0.00685. The lowest BCUT2D eigenvalue weighted by atomic mass is 10.1. The second kappa shape index (κ2) is 6.83. The standard InChI is InChI=1S/C18H14F3N5/c19-12-7-5-11(6-8-12)18(20,21)17-24-14-4-2-1-3-13(14)16(26-17)25-15(23)9-10-22/h1-10H,22H2,(H2,23,24,25,26)/b10-9-. The number of para-hydroxylation sites is 1. The summed E-state index contributed by atoms with van der Waals surface area (Å²) in [5.41, 5.74) is 10.8. The Balaban J connectivity index is 2.20. The highest BCUT2D eigenvalue weighted by molar-refractivity contribution is 5.97. The fourth-order valence-electron chi connectivity index (χ4n) is 2.33. The zero-order valence-electron chi connectivity index (χ0n) is 13.4. The summed E-state index contributed by atoms with van der Waals surface area (Å²) >= 11 is 0. The van der Waals surface area contributed by atoms with Gasteiger partial charge >= 0.3 is 5.92 Å². The fourth-order valence-corrected chi connectivity index (χ4v) is 2.33. The Morgan fingerprint density at radius 1 is 1.04 bits per heavy atom. The molecular formula is C18H14F3N5. The van der Waals surface area contributed by atoms with E-state index in [1.165, 1.54) is 12.3 Å². The molecule has 2 aromatic carbocycles. The number of hydrogen-bond donors (Lipinski definition) is 2. The molecule has 0 radical (unpaired) electrons. The van der Waals surface area contributed by atoms with Gasteiger partial charge in [-0.25, -0.2) is 19.4 Å². The molecule has 132 valence electrons. The summed E-state index contributed by atoms with van der Waals surface area (Å²) in [5.74, 6) is -4.92. The lowest BCUT2D eigenvalue weighted by Gasteiger charge is -2.16. The molecule has 4 N–H and O–H groups in total. The Bertz CT molecular complexity index is 997. The molecule has 0 aliphatic carbocycles. The van der Waals surface area contributed by atoms with Gasteiger partial charge in [0.05, 0.1) is 5.52 Å². The lowest BCUT2D eigenvalue weighted by molar-refractivity contribution is 0.0332. The third-order valence-electron chi connectivity index (χ3n) is 3.57. The number of amidine groups is 1. The number of benzene rings is 2. The molecular weight excluding hydrogens is 343 g/mol. The van der Waals surface area contributed by atoms with E-state index in [0.29, 0.717) is 5.39 Å². The monoisotopic (exact) mass is 357 g/mol. The van der Waals surface area contributed by atoms with Crippen LogP contribution in [0.25, 0.3) is 10.9 Å². The van der Waals surface area contributed by atoms with Gasteiger partial charge in [-0.05, 0) is 48.7 Å². The van der Waals surface area contributed by atoms with Crippen molar-refractivity contribution in [2.45, 2.75) is 5.92 Å². The average Bonchev–Trinajstić information content (AvgIpc) is 2.62. The molecule has 0 unspecified atom stereocenters. The van der Waals surface area contributed by atoms with Crippen LogP contribution in [0.4, 0.5) is 19.0 Å². The summed E-state index contributed by atoms with van der Waals surface area (Å²) in [4.78, 5) is 11.9. The smallest absolute Gasteiger partial charge is 0.331 e. The topological polar surface area (TPSA) is 90.2 Å². The molecule has 0 saturated carbocycles. The number of alkyl halides is 2. The molecule has 1 aromatic heterocycles. The highest BCUT2D eigenvalue weighted by Crippen LogP contribution is 2.36. The molecule has 3 aromatic rings. The van der Waals surface area contributed by atoms with Crippen LogP contribution in [0.5, 0.6) is 0 Å². The van der Waals surface area contributed by atoms with Gasteiger partial charge in [-0.3, -0.25) is 0 Å². The van der Waals surface area contributed by atoms with E-state index < -0.39 is 23.1 Å². The number of nitrogens with two attached hydrogens (primary N) is 2. The van der Waals surface area contributed by atoms with Crippen LogP contribution in [0.3, 0.4) is 0 Å². The van der Waals surface area contributed by atoms with Crippen LogP contribution in [0.1, 0.15) is 11.4 Å². The number of halogens is 3. The Morgan fingerprint density at radius 3 is 2.42 bits per heavy atom. The van der Waals surface area contributed by atoms with Crippen LogP contribution >= 0.6 is 0 Å². The highest BCUT2D eigenvalue weighted by Gasteiger charge is 2.38. The highest BCUT2D eigenvalue weighted by atomic mass is 19.3. The SMILES string of the molecule is N/C=C\C(N)=Nc1nc(C(F)(F)c2ccc(F)cc2)nc2ccccc12. The van der Waals surface area contributed by atoms with E-state index in [2.05, 4.69) is 15.0 Å². The van der Waals surface area contributed by atoms with Crippen LogP contribution in [0, 0.1) is 5.82 Å². The van der Waals surface area contributed by atoms with Gasteiger partial charge in [0, 0.05) is 10.9 Å². The van der Waals surface area contributed by atoms with Crippen molar-refractivity contribution in [2.24, 2.45) is 16.5 Å². The zero-order chi connectivity index (χ0) is 18.7. The number of aromatic nitrogens is 2. The van der Waals surface area contributed by atoms with Crippen molar-refractivity contribution in [1.29, 1.82) is 0 Å². The third kappa shape index (κ3) is 3.34. The van der Waals surface area contributed by atoms with Crippen molar-refractivity contribution in [1.82, 2.24) is 9.97 Å². The van der Waals surface area contributed by atoms with E-state index in [1.807, 2.05) is 0 Å². The molecule has 0 saturated heterocycles. The first-order valence-corrected chi connectivity index (χ1v) is 7.55. The molecule has 0 amide bonds. The fraction of sp³-hybridized carbons (Fsp3) is 0.0556. The molecule has 1 heterocycles.